The van der Waals surface area contributed by atoms with Crippen molar-refractivity contribution in [1.29, 1.82) is 0 Å². The molecule has 0 aliphatic carbocycles. The van der Waals surface area contributed by atoms with Crippen LogP contribution in [0, 0.1) is 13.8 Å². The second-order valence-electron chi connectivity index (χ2n) is 4.86. The molecule has 0 atom stereocenters. The van der Waals surface area contributed by atoms with Gasteiger partial charge in [-0.1, -0.05) is 0 Å². The predicted octanol–water partition coefficient (Wildman–Crippen LogP) is 2.70. The molecule has 0 amide bonds. The topological polar surface area (TPSA) is 41.3 Å². The lowest BCUT2D eigenvalue weighted by Gasteiger charge is -2.15. The average Bonchev–Trinajstić information content (AvgIpc) is 2.88. The smallest absolute Gasteiger partial charge is 0.118 e. The summed E-state index contributed by atoms with van der Waals surface area (Å²) in [5.41, 5.74) is 4.30. The molecule has 0 spiro atoms. The standard InChI is InChI=1S/C14H21N3OS/c1-10-14(19-9-16-10)8-17(4)7-12-5-13(6-15-3)18-11(12)2/h5,9,15H,6-8H2,1-4H3. The lowest BCUT2D eigenvalue weighted by atomic mass is 10.2. The molecule has 0 saturated heterocycles. The van der Waals surface area contributed by atoms with Gasteiger partial charge in [-0.15, -0.1) is 11.3 Å². The molecule has 2 heterocycles. The summed E-state index contributed by atoms with van der Waals surface area (Å²) in [4.78, 5) is 7.91. The van der Waals surface area contributed by atoms with Gasteiger partial charge in [0.15, 0.2) is 0 Å². The molecule has 5 heteroatoms. The number of nitrogens with zero attached hydrogens (tertiary/aromatic N) is 2. The maximum absolute atomic E-state index is 5.72. The van der Waals surface area contributed by atoms with Gasteiger partial charge < -0.3 is 9.73 Å². The van der Waals surface area contributed by atoms with Crippen molar-refractivity contribution in [3.63, 3.8) is 0 Å². The monoisotopic (exact) mass is 279 g/mol. The first-order chi connectivity index (χ1) is 9.10. The number of rotatable bonds is 6. The van der Waals surface area contributed by atoms with E-state index in [1.807, 2.05) is 19.5 Å². The van der Waals surface area contributed by atoms with E-state index in [4.69, 9.17) is 4.42 Å². The van der Waals surface area contributed by atoms with Crippen LogP contribution in [0.15, 0.2) is 16.0 Å². The molecule has 0 radical (unpaired) electrons. The first-order valence-electron chi connectivity index (χ1n) is 6.40. The molecule has 2 rings (SSSR count). The Morgan fingerprint density at radius 2 is 2.16 bits per heavy atom. The van der Waals surface area contributed by atoms with Gasteiger partial charge in [0.25, 0.3) is 0 Å². The van der Waals surface area contributed by atoms with Crippen LogP contribution in [0.1, 0.15) is 27.7 Å². The second kappa shape index (κ2) is 6.32. The third kappa shape index (κ3) is 3.65. The van der Waals surface area contributed by atoms with Crippen molar-refractivity contribution < 1.29 is 4.42 Å². The Balaban J connectivity index is 1.98. The molecule has 0 aliphatic heterocycles. The van der Waals surface area contributed by atoms with E-state index in [9.17, 15) is 0 Å². The van der Waals surface area contributed by atoms with Gasteiger partial charge in [-0.25, -0.2) is 4.98 Å². The van der Waals surface area contributed by atoms with Crippen molar-refractivity contribution in [2.45, 2.75) is 33.5 Å². The summed E-state index contributed by atoms with van der Waals surface area (Å²) in [6.45, 7) is 6.70. The lowest BCUT2D eigenvalue weighted by Crippen LogP contribution is -2.17. The molecular weight excluding hydrogens is 258 g/mol. The molecule has 0 bridgehead atoms. The molecule has 104 valence electrons. The maximum Gasteiger partial charge on any atom is 0.118 e. The summed E-state index contributed by atoms with van der Waals surface area (Å²) in [6.07, 6.45) is 0. The van der Waals surface area contributed by atoms with Crippen LogP contribution in [0.4, 0.5) is 0 Å². The Morgan fingerprint density at radius 1 is 1.37 bits per heavy atom. The van der Waals surface area contributed by atoms with E-state index in [-0.39, 0.29) is 0 Å². The van der Waals surface area contributed by atoms with Crippen LogP contribution in [0.25, 0.3) is 0 Å². The zero-order chi connectivity index (χ0) is 13.8. The van der Waals surface area contributed by atoms with Gasteiger partial charge in [-0.2, -0.15) is 0 Å². The van der Waals surface area contributed by atoms with Crippen LogP contribution in [0.3, 0.4) is 0 Å². The molecule has 4 nitrogen and oxygen atoms in total. The Morgan fingerprint density at radius 3 is 2.79 bits per heavy atom. The molecule has 0 unspecified atom stereocenters. The first-order valence-corrected chi connectivity index (χ1v) is 7.28. The fourth-order valence-corrected chi connectivity index (χ4v) is 2.93. The minimum atomic E-state index is 0.776. The summed E-state index contributed by atoms with van der Waals surface area (Å²) < 4.78 is 5.72. The predicted molar refractivity (Wildman–Crippen MR) is 78.2 cm³/mol. The van der Waals surface area contributed by atoms with E-state index in [0.717, 1.165) is 36.8 Å². The molecule has 0 aromatic carbocycles. The van der Waals surface area contributed by atoms with Crippen LogP contribution in [0.2, 0.25) is 0 Å². The third-order valence-electron chi connectivity index (χ3n) is 3.12. The highest BCUT2D eigenvalue weighted by Crippen LogP contribution is 2.19. The number of thiazole rings is 1. The quantitative estimate of drug-likeness (QED) is 0.882. The van der Waals surface area contributed by atoms with Crippen LogP contribution >= 0.6 is 11.3 Å². The van der Waals surface area contributed by atoms with Gasteiger partial charge in [-0.05, 0) is 34.0 Å². The summed E-state index contributed by atoms with van der Waals surface area (Å²) >= 11 is 1.72. The van der Waals surface area contributed by atoms with E-state index >= 15 is 0 Å². The molecule has 0 fully saturated rings. The van der Waals surface area contributed by atoms with Gasteiger partial charge in [0.2, 0.25) is 0 Å². The highest BCUT2D eigenvalue weighted by atomic mass is 32.1. The normalized spacial score (nSPS) is 11.4. The summed E-state index contributed by atoms with van der Waals surface area (Å²) in [7, 11) is 4.06. The summed E-state index contributed by atoms with van der Waals surface area (Å²) in [5, 5.41) is 3.11. The highest BCUT2D eigenvalue weighted by Gasteiger charge is 2.11. The largest absolute Gasteiger partial charge is 0.465 e. The van der Waals surface area contributed by atoms with Crippen molar-refractivity contribution in [2.75, 3.05) is 14.1 Å². The van der Waals surface area contributed by atoms with E-state index in [1.165, 1.54) is 10.4 Å². The fraction of sp³-hybridized carbons (Fsp3) is 0.500. The minimum Gasteiger partial charge on any atom is -0.465 e. The molecule has 0 aliphatic rings. The van der Waals surface area contributed by atoms with Crippen molar-refractivity contribution in [2.24, 2.45) is 0 Å². The Kier molecular flexibility index (Phi) is 4.74. The zero-order valence-electron chi connectivity index (χ0n) is 12.0. The Hall–Kier alpha value is -1.17. The van der Waals surface area contributed by atoms with Crippen molar-refractivity contribution in [3.8, 4) is 0 Å². The number of aryl methyl sites for hydroxylation is 2. The average molecular weight is 279 g/mol. The van der Waals surface area contributed by atoms with Gasteiger partial charge in [-0.3, -0.25) is 4.90 Å². The molecular formula is C14H21N3OS. The van der Waals surface area contributed by atoms with Gasteiger partial charge in [0, 0.05) is 23.5 Å². The minimum absolute atomic E-state index is 0.776. The Labute approximate surface area is 118 Å². The van der Waals surface area contributed by atoms with E-state index < -0.39 is 0 Å². The van der Waals surface area contributed by atoms with E-state index in [0.29, 0.717) is 0 Å². The number of aromatic nitrogens is 1. The van der Waals surface area contributed by atoms with Crippen LogP contribution in [-0.4, -0.2) is 24.0 Å². The number of hydrogen-bond acceptors (Lipinski definition) is 5. The third-order valence-corrected chi connectivity index (χ3v) is 4.04. The molecule has 2 aromatic rings. The lowest BCUT2D eigenvalue weighted by molar-refractivity contribution is 0.318. The number of furan rings is 1. The van der Waals surface area contributed by atoms with Gasteiger partial charge in [0.1, 0.15) is 11.5 Å². The van der Waals surface area contributed by atoms with E-state index in [1.54, 1.807) is 11.3 Å². The van der Waals surface area contributed by atoms with Crippen LogP contribution in [0.5, 0.6) is 0 Å². The highest BCUT2D eigenvalue weighted by molar-refractivity contribution is 7.09. The van der Waals surface area contributed by atoms with Crippen molar-refractivity contribution >= 4 is 11.3 Å². The molecule has 1 N–H and O–H groups in total. The molecule has 19 heavy (non-hydrogen) atoms. The second-order valence-corrected chi connectivity index (χ2v) is 5.80. The number of hydrogen-bond donors (Lipinski definition) is 1. The van der Waals surface area contributed by atoms with E-state index in [2.05, 4.69) is 35.2 Å². The maximum atomic E-state index is 5.72. The molecule has 2 aromatic heterocycles. The zero-order valence-corrected chi connectivity index (χ0v) is 12.8. The summed E-state index contributed by atoms with van der Waals surface area (Å²) in [5.74, 6) is 2.01. The summed E-state index contributed by atoms with van der Waals surface area (Å²) in [6, 6.07) is 2.14. The number of nitrogens with one attached hydrogen (secondary N) is 1. The van der Waals surface area contributed by atoms with Crippen LogP contribution in [-0.2, 0) is 19.6 Å². The van der Waals surface area contributed by atoms with Crippen LogP contribution < -0.4 is 5.32 Å². The fourth-order valence-electron chi connectivity index (χ4n) is 2.08. The van der Waals surface area contributed by atoms with Crippen molar-refractivity contribution in [3.05, 3.63) is 39.2 Å². The Bertz CT molecular complexity index is 533. The van der Waals surface area contributed by atoms with Crippen molar-refractivity contribution in [1.82, 2.24) is 15.2 Å². The SMILES string of the molecule is CNCc1cc(CN(C)Cc2scnc2C)c(C)o1. The van der Waals surface area contributed by atoms with Gasteiger partial charge >= 0.3 is 0 Å². The molecule has 0 saturated carbocycles. The first kappa shape index (κ1) is 14.2. The van der Waals surface area contributed by atoms with Gasteiger partial charge in [0.05, 0.1) is 17.7 Å².